The number of hydrogen-bond donors (Lipinski definition) is 1. The summed E-state index contributed by atoms with van der Waals surface area (Å²) in [6, 6.07) is 7.34. The Bertz CT molecular complexity index is 447. The lowest BCUT2D eigenvalue weighted by atomic mass is 9.87. The first-order valence-electron chi connectivity index (χ1n) is 6.50. The van der Waals surface area contributed by atoms with E-state index in [1.807, 2.05) is 24.3 Å². The van der Waals surface area contributed by atoms with Gasteiger partial charge in [-0.3, -0.25) is 4.79 Å². The fourth-order valence-corrected chi connectivity index (χ4v) is 2.77. The van der Waals surface area contributed by atoms with E-state index >= 15 is 0 Å². The summed E-state index contributed by atoms with van der Waals surface area (Å²) in [5.41, 5.74) is 1.66. The molecule has 1 aromatic carbocycles. The fourth-order valence-electron chi connectivity index (χ4n) is 2.77. The maximum Gasteiger partial charge on any atom is 0.310 e. The molecule has 1 aromatic rings. The number of aliphatic carboxylic acids is 1. The Labute approximate surface area is 108 Å². The molecule has 0 amide bonds. The second kappa shape index (κ2) is 5.73. The first-order valence-corrected chi connectivity index (χ1v) is 6.50. The van der Waals surface area contributed by atoms with Crippen molar-refractivity contribution in [2.75, 3.05) is 0 Å². The summed E-state index contributed by atoms with van der Waals surface area (Å²) in [6.45, 7) is 0. The van der Waals surface area contributed by atoms with Crippen LogP contribution in [0.2, 0.25) is 0 Å². The van der Waals surface area contributed by atoms with Gasteiger partial charge in [0.05, 0.1) is 5.92 Å². The van der Waals surface area contributed by atoms with E-state index in [1.165, 1.54) is 25.7 Å². The van der Waals surface area contributed by atoms with E-state index in [2.05, 4.69) is 5.92 Å². The molecule has 1 fully saturated rings. The van der Waals surface area contributed by atoms with Crippen molar-refractivity contribution < 1.29 is 9.90 Å². The smallest absolute Gasteiger partial charge is 0.310 e. The molecule has 0 aliphatic heterocycles. The van der Waals surface area contributed by atoms with Gasteiger partial charge < -0.3 is 5.11 Å². The lowest BCUT2D eigenvalue weighted by Gasteiger charge is -2.17. The Balaban J connectivity index is 2.13. The molecule has 0 heterocycles. The van der Waals surface area contributed by atoms with Crippen LogP contribution < -0.4 is 0 Å². The molecule has 1 aliphatic carbocycles. The maximum absolute atomic E-state index is 11.4. The summed E-state index contributed by atoms with van der Waals surface area (Å²) < 4.78 is 0. The van der Waals surface area contributed by atoms with Gasteiger partial charge in [-0.1, -0.05) is 43.7 Å². The van der Waals surface area contributed by atoms with Crippen molar-refractivity contribution in [1.82, 2.24) is 0 Å². The van der Waals surface area contributed by atoms with Crippen LogP contribution in [-0.2, 0) is 4.79 Å². The highest BCUT2D eigenvalue weighted by molar-refractivity contribution is 5.76. The normalized spacial score (nSPS) is 17.3. The van der Waals surface area contributed by atoms with Gasteiger partial charge in [0.2, 0.25) is 0 Å². The van der Waals surface area contributed by atoms with E-state index in [4.69, 9.17) is 6.42 Å². The predicted octanol–water partition coefficient (Wildman–Crippen LogP) is 3.42. The molecule has 0 aromatic heterocycles. The van der Waals surface area contributed by atoms with E-state index < -0.39 is 5.97 Å². The highest BCUT2D eigenvalue weighted by Crippen LogP contribution is 2.34. The van der Waals surface area contributed by atoms with Crippen LogP contribution >= 0.6 is 0 Å². The molecule has 2 heteroatoms. The average Bonchev–Trinajstić information content (AvgIpc) is 2.89. The van der Waals surface area contributed by atoms with Gasteiger partial charge in [0.25, 0.3) is 0 Å². The fraction of sp³-hybridized carbons (Fsp3) is 0.438. The molecule has 1 aliphatic rings. The van der Waals surface area contributed by atoms with Crippen molar-refractivity contribution in [1.29, 1.82) is 0 Å². The van der Waals surface area contributed by atoms with Gasteiger partial charge >= 0.3 is 5.97 Å². The number of benzene rings is 1. The minimum atomic E-state index is -0.727. The molecule has 1 saturated carbocycles. The molecular formula is C16H18O2. The molecule has 0 radical (unpaired) electrons. The van der Waals surface area contributed by atoms with Crippen LogP contribution in [-0.4, -0.2) is 11.1 Å². The first kappa shape index (κ1) is 12.7. The molecule has 2 rings (SSSR count). The van der Waals surface area contributed by atoms with Crippen molar-refractivity contribution in [3.8, 4) is 12.3 Å². The van der Waals surface area contributed by atoms with Gasteiger partial charge in [-0.15, -0.1) is 6.42 Å². The summed E-state index contributed by atoms with van der Waals surface area (Å²) in [6.07, 6.45) is 10.9. The zero-order valence-corrected chi connectivity index (χ0v) is 10.4. The van der Waals surface area contributed by atoms with E-state index in [-0.39, 0.29) is 5.92 Å². The molecule has 1 N–H and O–H groups in total. The van der Waals surface area contributed by atoms with E-state index in [9.17, 15) is 9.90 Å². The van der Waals surface area contributed by atoms with Crippen molar-refractivity contribution >= 4 is 5.97 Å². The Hall–Kier alpha value is -1.75. The van der Waals surface area contributed by atoms with Crippen LogP contribution in [0.3, 0.4) is 0 Å². The van der Waals surface area contributed by atoms with Gasteiger partial charge in [0.1, 0.15) is 0 Å². The lowest BCUT2D eigenvalue weighted by Crippen LogP contribution is -2.15. The van der Waals surface area contributed by atoms with Crippen molar-refractivity contribution in [3.05, 3.63) is 35.4 Å². The third-order valence-electron chi connectivity index (χ3n) is 3.82. The second-order valence-corrected chi connectivity index (χ2v) is 5.04. The highest BCUT2D eigenvalue weighted by atomic mass is 16.4. The van der Waals surface area contributed by atoms with Crippen LogP contribution in [0, 0.1) is 18.3 Å². The molecule has 94 valence electrons. The zero-order chi connectivity index (χ0) is 13.0. The minimum Gasteiger partial charge on any atom is -0.481 e. The van der Waals surface area contributed by atoms with Crippen LogP contribution in [0.1, 0.15) is 49.1 Å². The van der Waals surface area contributed by atoms with Crippen LogP contribution in [0.25, 0.3) is 0 Å². The largest absolute Gasteiger partial charge is 0.481 e. The number of terminal acetylenes is 1. The van der Waals surface area contributed by atoms with E-state index in [0.717, 1.165) is 17.5 Å². The topological polar surface area (TPSA) is 37.3 Å². The van der Waals surface area contributed by atoms with Gasteiger partial charge in [-0.2, -0.15) is 0 Å². The van der Waals surface area contributed by atoms with Crippen LogP contribution in [0.5, 0.6) is 0 Å². The Morgan fingerprint density at radius 1 is 1.33 bits per heavy atom. The lowest BCUT2D eigenvalue weighted by molar-refractivity contribution is -0.139. The standard InChI is InChI=1S/C16H18O2/c1-2-12-7-9-14(10-8-12)15(16(17)18)11-13-5-3-4-6-13/h1,7-10,13,15H,3-6,11H2,(H,17,18)/t15-/m0/s1. The van der Waals surface area contributed by atoms with Gasteiger partial charge in [0, 0.05) is 5.56 Å². The summed E-state index contributed by atoms with van der Waals surface area (Å²) in [4.78, 5) is 11.4. The Morgan fingerprint density at radius 2 is 1.94 bits per heavy atom. The number of rotatable bonds is 4. The summed E-state index contributed by atoms with van der Waals surface area (Å²) in [5.74, 6) is 2.00. The quantitative estimate of drug-likeness (QED) is 0.821. The van der Waals surface area contributed by atoms with E-state index in [0.29, 0.717) is 5.92 Å². The number of carboxylic acid groups (broad SMARTS) is 1. The van der Waals surface area contributed by atoms with Crippen molar-refractivity contribution in [2.45, 2.75) is 38.0 Å². The van der Waals surface area contributed by atoms with E-state index in [1.54, 1.807) is 0 Å². The first-order chi connectivity index (χ1) is 8.70. The Morgan fingerprint density at radius 3 is 2.44 bits per heavy atom. The third-order valence-corrected chi connectivity index (χ3v) is 3.82. The number of carboxylic acids is 1. The van der Waals surface area contributed by atoms with Gasteiger partial charge in [0.15, 0.2) is 0 Å². The highest BCUT2D eigenvalue weighted by Gasteiger charge is 2.26. The second-order valence-electron chi connectivity index (χ2n) is 5.04. The number of hydrogen-bond acceptors (Lipinski definition) is 1. The number of carbonyl (C=O) groups is 1. The zero-order valence-electron chi connectivity index (χ0n) is 10.4. The van der Waals surface area contributed by atoms with Gasteiger partial charge in [-0.25, -0.2) is 0 Å². The summed E-state index contributed by atoms with van der Waals surface area (Å²) in [5, 5.41) is 9.37. The van der Waals surface area contributed by atoms with Crippen LogP contribution in [0.4, 0.5) is 0 Å². The average molecular weight is 242 g/mol. The SMILES string of the molecule is C#Cc1ccc([C@H](CC2CCCC2)C(=O)O)cc1. The molecule has 0 spiro atoms. The Kier molecular flexibility index (Phi) is 4.04. The molecule has 0 bridgehead atoms. The van der Waals surface area contributed by atoms with Crippen LogP contribution in [0.15, 0.2) is 24.3 Å². The van der Waals surface area contributed by atoms with Gasteiger partial charge in [-0.05, 0) is 30.0 Å². The third kappa shape index (κ3) is 2.92. The molecule has 2 nitrogen and oxygen atoms in total. The molecule has 1 atom stereocenters. The molecular weight excluding hydrogens is 224 g/mol. The molecule has 18 heavy (non-hydrogen) atoms. The molecule has 0 saturated heterocycles. The summed E-state index contributed by atoms with van der Waals surface area (Å²) in [7, 11) is 0. The van der Waals surface area contributed by atoms with Crippen molar-refractivity contribution in [2.24, 2.45) is 5.92 Å². The van der Waals surface area contributed by atoms with Crippen molar-refractivity contribution in [3.63, 3.8) is 0 Å². The molecule has 0 unspecified atom stereocenters. The summed E-state index contributed by atoms with van der Waals surface area (Å²) >= 11 is 0. The maximum atomic E-state index is 11.4. The predicted molar refractivity (Wildman–Crippen MR) is 71.3 cm³/mol. The monoisotopic (exact) mass is 242 g/mol. The minimum absolute atomic E-state index is 0.389.